The molecule has 1 saturated carbocycles. The number of allylic oxidation sites excluding steroid dienone is 1. The molecule has 0 spiro atoms. The molecule has 1 aliphatic rings. The lowest BCUT2D eigenvalue weighted by molar-refractivity contribution is -0.139. The van der Waals surface area contributed by atoms with Crippen LogP contribution in [0.2, 0.25) is 0 Å². The van der Waals surface area contributed by atoms with Crippen LogP contribution in [0.4, 0.5) is 0 Å². The van der Waals surface area contributed by atoms with E-state index in [1.807, 2.05) is 13.0 Å². The summed E-state index contributed by atoms with van der Waals surface area (Å²) in [5, 5.41) is 9.42. The summed E-state index contributed by atoms with van der Waals surface area (Å²) in [5.41, 5.74) is 0. The number of carbonyl (C=O) groups is 1. The van der Waals surface area contributed by atoms with Gasteiger partial charge in [-0.05, 0) is 19.8 Å². The second-order valence-corrected chi connectivity index (χ2v) is 6.11. The summed E-state index contributed by atoms with van der Waals surface area (Å²) in [6.07, 6.45) is 8.05. The third kappa shape index (κ3) is 4.33. The number of ether oxygens (including phenoxy) is 1. The van der Waals surface area contributed by atoms with Crippen molar-refractivity contribution in [3.63, 3.8) is 0 Å². The minimum Gasteiger partial charge on any atom is -0.465 e. The van der Waals surface area contributed by atoms with Crippen LogP contribution in [0.1, 0.15) is 50.8 Å². The second-order valence-electron chi connectivity index (χ2n) is 5.17. The van der Waals surface area contributed by atoms with Crippen LogP contribution >= 0.6 is 11.8 Å². The molecule has 0 aliphatic heterocycles. The van der Waals surface area contributed by atoms with E-state index >= 15 is 0 Å². The first-order chi connectivity index (χ1) is 10.3. The average molecular weight is 309 g/mol. The lowest BCUT2D eigenvalue weighted by atomic mass is 9.89. The van der Waals surface area contributed by atoms with Gasteiger partial charge in [0.05, 0.1) is 12.4 Å². The van der Waals surface area contributed by atoms with Gasteiger partial charge < -0.3 is 9.30 Å². The van der Waals surface area contributed by atoms with Crippen molar-refractivity contribution in [2.75, 3.05) is 12.4 Å². The number of nitrogens with zero attached hydrogens (tertiary/aromatic N) is 3. The smallest absolute Gasteiger partial charge is 0.316 e. The topological polar surface area (TPSA) is 57.0 Å². The Kier molecular flexibility index (Phi) is 6.29. The number of aromatic nitrogens is 3. The van der Waals surface area contributed by atoms with Gasteiger partial charge >= 0.3 is 5.97 Å². The van der Waals surface area contributed by atoms with E-state index in [1.165, 1.54) is 43.9 Å². The van der Waals surface area contributed by atoms with Crippen LogP contribution in [0.5, 0.6) is 0 Å². The maximum atomic E-state index is 11.5. The van der Waals surface area contributed by atoms with Crippen molar-refractivity contribution < 1.29 is 9.53 Å². The molecular weight excluding hydrogens is 286 g/mol. The second kappa shape index (κ2) is 8.22. The fourth-order valence-electron chi connectivity index (χ4n) is 2.70. The molecule has 0 atom stereocenters. The molecular formula is C15H23N3O2S. The molecule has 0 N–H and O–H groups in total. The zero-order valence-corrected chi connectivity index (χ0v) is 13.4. The monoisotopic (exact) mass is 309 g/mol. The van der Waals surface area contributed by atoms with E-state index in [0.29, 0.717) is 19.1 Å². The van der Waals surface area contributed by atoms with E-state index in [2.05, 4.69) is 21.3 Å². The van der Waals surface area contributed by atoms with Crippen LogP contribution in [0, 0.1) is 0 Å². The van der Waals surface area contributed by atoms with E-state index in [4.69, 9.17) is 4.74 Å². The summed E-state index contributed by atoms with van der Waals surface area (Å²) in [6.45, 7) is 6.71. The molecule has 1 aromatic heterocycles. The van der Waals surface area contributed by atoms with E-state index in [1.54, 1.807) is 0 Å². The molecule has 0 aromatic carbocycles. The zero-order valence-electron chi connectivity index (χ0n) is 12.6. The van der Waals surface area contributed by atoms with Crippen LogP contribution in [0.25, 0.3) is 0 Å². The first-order valence-corrected chi connectivity index (χ1v) is 8.57. The normalized spacial score (nSPS) is 15.9. The van der Waals surface area contributed by atoms with Gasteiger partial charge in [0.1, 0.15) is 5.82 Å². The predicted molar refractivity (Wildman–Crippen MR) is 83.4 cm³/mol. The Labute approximate surface area is 130 Å². The van der Waals surface area contributed by atoms with Gasteiger partial charge in [0, 0.05) is 12.5 Å². The van der Waals surface area contributed by atoms with Crippen LogP contribution in [0.15, 0.2) is 17.8 Å². The first-order valence-electron chi connectivity index (χ1n) is 7.58. The quantitative estimate of drug-likeness (QED) is 0.440. The summed E-state index contributed by atoms with van der Waals surface area (Å²) >= 11 is 1.39. The lowest BCUT2D eigenvalue weighted by Crippen LogP contribution is -2.13. The standard InChI is InChI=1S/C15H23N3O2S/c1-3-10-18-14(12-8-6-5-7-9-12)16-17-15(18)21-11-13(19)20-4-2/h3,12H,1,4-11H2,2H3. The summed E-state index contributed by atoms with van der Waals surface area (Å²) in [5.74, 6) is 1.59. The van der Waals surface area contributed by atoms with Gasteiger partial charge in [-0.25, -0.2) is 0 Å². The highest BCUT2D eigenvalue weighted by molar-refractivity contribution is 7.99. The van der Waals surface area contributed by atoms with Gasteiger partial charge in [0.15, 0.2) is 5.16 Å². The molecule has 116 valence electrons. The molecule has 21 heavy (non-hydrogen) atoms. The maximum Gasteiger partial charge on any atom is 0.316 e. The summed E-state index contributed by atoms with van der Waals surface area (Å²) in [6, 6.07) is 0. The Hall–Kier alpha value is -1.30. The van der Waals surface area contributed by atoms with E-state index in [9.17, 15) is 4.79 Å². The average Bonchev–Trinajstić information content (AvgIpc) is 2.90. The van der Waals surface area contributed by atoms with Gasteiger partial charge in [-0.1, -0.05) is 37.1 Å². The highest BCUT2D eigenvalue weighted by atomic mass is 32.2. The van der Waals surface area contributed by atoms with E-state index < -0.39 is 0 Å². The third-order valence-corrected chi connectivity index (χ3v) is 4.59. The number of thioether (sulfide) groups is 1. The molecule has 1 aliphatic carbocycles. The summed E-state index contributed by atoms with van der Waals surface area (Å²) in [4.78, 5) is 11.5. The lowest BCUT2D eigenvalue weighted by Gasteiger charge is -2.21. The highest BCUT2D eigenvalue weighted by Crippen LogP contribution is 2.33. The number of hydrogen-bond donors (Lipinski definition) is 0. The maximum absolute atomic E-state index is 11.5. The zero-order chi connectivity index (χ0) is 15.1. The van der Waals surface area contributed by atoms with Gasteiger partial charge in [-0.15, -0.1) is 16.8 Å². The van der Waals surface area contributed by atoms with Crippen molar-refractivity contribution in [1.29, 1.82) is 0 Å². The predicted octanol–water partition coefficient (Wildman–Crippen LogP) is 3.17. The molecule has 0 saturated heterocycles. The Balaban J connectivity index is 2.08. The number of esters is 1. The molecule has 0 bridgehead atoms. The van der Waals surface area contributed by atoms with Crippen molar-refractivity contribution in [2.45, 2.75) is 56.6 Å². The van der Waals surface area contributed by atoms with Crippen molar-refractivity contribution in [3.05, 3.63) is 18.5 Å². The van der Waals surface area contributed by atoms with Gasteiger partial charge in [0.25, 0.3) is 0 Å². The Morgan fingerprint density at radius 2 is 2.19 bits per heavy atom. The molecule has 2 rings (SSSR count). The first kappa shape index (κ1) is 16.1. The Morgan fingerprint density at radius 3 is 2.86 bits per heavy atom. The van der Waals surface area contributed by atoms with Crippen LogP contribution in [-0.4, -0.2) is 33.1 Å². The van der Waals surface area contributed by atoms with Crippen molar-refractivity contribution in [1.82, 2.24) is 14.8 Å². The van der Waals surface area contributed by atoms with Crippen molar-refractivity contribution >= 4 is 17.7 Å². The Bertz CT molecular complexity index is 481. The van der Waals surface area contributed by atoms with Crippen molar-refractivity contribution in [2.24, 2.45) is 0 Å². The molecule has 0 radical (unpaired) electrons. The van der Waals surface area contributed by atoms with Gasteiger partial charge in [-0.2, -0.15) is 0 Å². The molecule has 5 nitrogen and oxygen atoms in total. The number of carbonyl (C=O) groups excluding carboxylic acids is 1. The van der Waals surface area contributed by atoms with Crippen LogP contribution in [0.3, 0.4) is 0 Å². The van der Waals surface area contributed by atoms with Crippen LogP contribution in [-0.2, 0) is 16.1 Å². The minimum absolute atomic E-state index is 0.213. The molecule has 1 fully saturated rings. The number of rotatable bonds is 7. The molecule has 0 amide bonds. The SMILES string of the molecule is C=CCn1c(SCC(=O)OCC)nnc1C1CCCCC1. The van der Waals surface area contributed by atoms with E-state index in [-0.39, 0.29) is 11.7 Å². The fraction of sp³-hybridized carbons (Fsp3) is 0.667. The third-order valence-electron chi connectivity index (χ3n) is 3.65. The number of hydrogen-bond acceptors (Lipinski definition) is 5. The molecule has 1 aromatic rings. The van der Waals surface area contributed by atoms with Crippen LogP contribution < -0.4 is 0 Å². The minimum atomic E-state index is -0.213. The fourth-order valence-corrected chi connectivity index (χ4v) is 3.45. The largest absolute Gasteiger partial charge is 0.465 e. The Morgan fingerprint density at radius 1 is 1.43 bits per heavy atom. The summed E-state index contributed by atoms with van der Waals surface area (Å²) in [7, 11) is 0. The summed E-state index contributed by atoms with van der Waals surface area (Å²) < 4.78 is 7.04. The highest BCUT2D eigenvalue weighted by Gasteiger charge is 2.23. The molecule has 6 heteroatoms. The van der Waals surface area contributed by atoms with E-state index in [0.717, 1.165) is 11.0 Å². The molecule has 0 unspecified atom stereocenters. The van der Waals surface area contributed by atoms with Gasteiger partial charge in [-0.3, -0.25) is 4.79 Å². The van der Waals surface area contributed by atoms with Crippen molar-refractivity contribution in [3.8, 4) is 0 Å². The van der Waals surface area contributed by atoms with Gasteiger partial charge in [0.2, 0.25) is 0 Å². The molecule has 1 heterocycles.